The molecule has 0 bridgehead atoms. The number of anilines is 1. The molecular formula is C21H17BrN4O3S. The fraction of sp³-hybridized carbons (Fsp3) is 0.143. The summed E-state index contributed by atoms with van der Waals surface area (Å²) in [7, 11) is 0. The minimum absolute atomic E-state index is 0.125. The average Bonchev–Trinajstić information content (AvgIpc) is 2.73. The number of nitriles is 1. The lowest BCUT2D eigenvalue weighted by Crippen LogP contribution is -2.21. The molecule has 3 rings (SSSR count). The van der Waals surface area contributed by atoms with E-state index < -0.39 is 5.56 Å². The predicted octanol–water partition coefficient (Wildman–Crippen LogP) is 4.12. The van der Waals surface area contributed by atoms with Crippen molar-refractivity contribution in [3.05, 3.63) is 68.4 Å². The Kier molecular flexibility index (Phi) is 6.92. The van der Waals surface area contributed by atoms with Gasteiger partial charge < -0.3 is 15.0 Å². The molecular weight excluding hydrogens is 468 g/mol. The van der Waals surface area contributed by atoms with Crippen LogP contribution in [0.25, 0.3) is 11.3 Å². The number of thioether (sulfide) groups is 1. The molecule has 1 amide bonds. The van der Waals surface area contributed by atoms with Gasteiger partial charge in [0.2, 0.25) is 0 Å². The topological polar surface area (TPSA) is 108 Å². The zero-order valence-electron chi connectivity index (χ0n) is 16.2. The Morgan fingerprint density at radius 3 is 2.80 bits per heavy atom. The van der Waals surface area contributed by atoms with E-state index in [1.165, 1.54) is 11.8 Å². The minimum Gasteiger partial charge on any atom is -0.483 e. The summed E-state index contributed by atoms with van der Waals surface area (Å²) in [4.78, 5) is 31.6. The number of hydrogen-bond donors (Lipinski definition) is 2. The van der Waals surface area contributed by atoms with Crippen molar-refractivity contribution >= 4 is 39.3 Å². The number of amides is 1. The van der Waals surface area contributed by atoms with E-state index in [2.05, 4.69) is 31.2 Å². The number of hydrogen-bond acceptors (Lipinski definition) is 6. The molecule has 0 unspecified atom stereocenters. The summed E-state index contributed by atoms with van der Waals surface area (Å²) < 4.78 is 6.45. The van der Waals surface area contributed by atoms with Gasteiger partial charge in [0.05, 0.1) is 0 Å². The van der Waals surface area contributed by atoms with E-state index in [1.807, 2.05) is 37.3 Å². The average molecular weight is 485 g/mol. The number of rotatable bonds is 6. The number of nitrogens with one attached hydrogen (secondary N) is 2. The number of H-pyrrole nitrogens is 1. The lowest BCUT2D eigenvalue weighted by atomic mass is 10.1. The van der Waals surface area contributed by atoms with Crippen molar-refractivity contribution in [2.24, 2.45) is 0 Å². The first-order valence-corrected chi connectivity index (χ1v) is 10.8. The van der Waals surface area contributed by atoms with Crippen molar-refractivity contribution in [2.75, 3.05) is 18.2 Å². The maximum absolute atomic E-state index is 12.4. The maximum Gasteiger partial charge on any atom is 0.270 e. The molecule has 0 saturated heterocycles. The van der Waals surface area contributed by atoms with Gasteiger partial charge in [0.1, 0.15) is 23.1 Å². The van der Waals surface area contributed by atoms with Crippen LogP contribution in [0.3, 0.4) is 0 Å². The van der Waals surface area contributed by atoms with Crippen molar-refractivity contribution in [3.63, 3.8) is 0 Å². The summed E-state index contributed by atoms with van der Waals surface area (Å²) in [6, 6.07) is 14.4. The minimum atomic E-state index is -0.532. The summed E-state index contributed by atoms with van der Waals surface area (Å²) in [5.41, 5.74) is 1.61. The van der Waals surface area contributed by atoms with Gasteiger partial charge in [-0.3, -0.25) is 9.59 Å². The highest BCUT2D eigenvalue weighted by Gasteiger charge is 2.18. The zero-order chi connectivity index (χ0) is 21.7. The van der Waals surface area contributed by atoms with Crippen LogP contribution in [0.4, 0.5) is 5.69 Å². The molecule has 0 aliphatic rings. The van der Waals surface area contributed by atoms with Gasteiger partial charge in [0.15, 0.2) is 11.8 Å². The second-order valence-corrected chi connectivity index (χ2v) is 7.91. The number of halogens is 1. The molecule has 30 heavy (non-hydrogen) atoms. The molecule has 1 aromatic heterocycles. The van der Waals surface area contributed by atoms with Crippen LogP contribution in [-0.4, -0.2) is 28.7 Å². The predicted molar refractivity (Wildman–Crippen MR) is 120 cm³/mol. The fourth-order valence-corrected chi connectivity index (χ4v) is 3.44. The Balaban J connectivity index is 1.91. The number of nitrogens with zero attached hydrogens (tertiary/aromatic N) is 2. The summed E-state index contributed by atoms with van der Waals surface area (Å²) in [5, 5.41) is 12.6. The Morgan fingerprint density at radius 2 is 2.10 bits per heavy atom. The molecule has 0 fully saturated rings. The maximum atomic E-state index is 12.4. The highest BCUT2D eigenvalue weighted by atomic mass is 79.9. The van der Waals surface area contributed by atoms with E-state index in [-0.39, 0.29) is 23.8 Å². The molecule has 7 nitrogen and oxygen atoms in total. The van der Waals surface area contributed by atoms with Crippen molar-refractivity contribution in [2.45, 2.75) is 12.1 Å². The molecule has 0 aliphatic heterocycles. The SMILES string of the molecule is CSc1nc(-c2cc(Br)ccc2OCC(=O)Nc2ccccc2C)c(C#N)c(=O)[nH]1. The molecule has 0 atom stereocenters. The van der Waals surface area contributed by atoms with E-state index in [9.17, 15) is 14.9 Å². The van der Waals surface area contributed by atoms with Gasteiger partial charge in [-0.05, 0) is 43.0 Å². The summed E-state index contributed by atoms with van der Waals surface area (Å²) >= 11 is 4.64. The van der Waals surface area contributed by atoms with Crippen LogP contribution >= 0.6 is 27.7 Å². The quantitative estimate of drug-likeness (QED) is 0.402. The van der Waals surface area contributed by atoms with E-state index in [1.54, 1.807) is 24.5 Å². The van der Waals surface area contributed by atoms with E-state index in [0.717, 1.165) is 5.56 Å². The number of carbonyl (C=O) groups is 1. The Morgan fingerprint density at radius 1 is 1.33 bits per heavy atom. The van der Waals surface area contributed by atoms with E-state index in [0.29, 0.717) is 26.6 Å². The Hall–Kier alpha value is -3.09. The molecule has 9 heteroatoms. The van der Waals surface area contributed by atoms with Gasteiger partial charge in [-0.1, -0.05) is 45.9 Å². The van der Waals surface area contributed by atoms with Gasteiger partial charge in [-0.15, -0.1) is 0 Å². The van der Waals surface area contributed by atoms with Crippen LogP contribution in [0.15, 0.2) is 56.9 Å². The van der Waals surface area contributed by atoms with Crippen molar-refractivity contribution in [3.8, 4) is 23.1 Å². The summed E-state index contributed by atoms with van der Waals surface area (Å²) in [6.45, 7) is 1.65. The van der Waals surface area contributed by atoms with Crippen LogP contribution in [0, 0.1) is 18.3 Å². The van der Waals surface area contributed by atoms with Crippen LogP contribution < -0.4 is 15.6 Å². The first-order valence-electron chi connectivity index (χ1n) is 8.79. The number of benzene rings is 2. The van der Waals surface area contributed by atoms with Crippen molar-refractivity contribution in [1.29, 1.82) is 5.26 Å². The zero-order valence-corrected chi connectivity index (χ0v) is 18.6. The van der Waals surface area contributed by atoms with Gasteiger partial charge in [0.25, 0.3) is 11.5 Å². The molecule has 3 aromatic rings. The molecule has 2 N–H and O–H groups in total. The third kappa shape index (κ3) is 4.90. The normalized spacial score (nSPS) is 10.3. The summed E-state index contributed by atoms with van der Waals surface area (Å²) in [6.07, 6.45) is 1.77. The molecule has 0 saturated carbocycles. The van der Waals surface area contributed by atoms with E-state index >= 15 is 0 Å². The molecule has 2 aromatic carbocycles. The Bertz CT molecular complexity index is 1200. The third-order valence-corrected chi connectivity index (χ3v) is 5.25. The monoisotopic (exact) mass is 484 g/mol. The molecule has 0 spiro atoms. The standard InChI is InChI=1S/C21H17BrN4O3S/c1-12-5-3-4-6-16(12)24-18(27)11-29-17-8-7-13(22)9-14(17)19-15(10-23)20(28)26-21(25-19)30-2/h3-9H,11H2,1-2H3,(H,24,27)(H,25,26,28). The first kappa shape index (κ1) is 21.6. The molecule has 0 radical (unpaired) electrons. The largest absolute Gasteiger partial charge is 0.483 e. The van der Waals surface area contributed by atoms with Crippen LogP contribution in [0.5, 0.6) is 5.75 Å². The smallest absolute Gasteiger partial charge is 0.270 e. The second-order valence-electron chi connectivity index (χ2n) is 6.20. The lowest BCUT2D eigenvalue weighted by molar-refractivity contribution is -0.118. The number of aromatic amines is 1. The number of aryl methyl sites for hydroxylation is 1. The highest BCUT2D eigenvalue weighted by Crippen LogP contribution is 2.33. The Labute approximate surface area is 185 Å². The lowest BCUT2D eigenvalue weighted by Gasteiger charge is -2.13. The highest BCUT2D eigenvalue weighted by molar-refractivity contribution is 9.10. The van der Waals surface area contributed by atoms with Gasteiger partial charge in [-0.25, -0.2) is 4.98 Å². The number of carbonyl (C=O) groups excluding carboxylic acids is 1. The van der Waals surface area contributed by atoms with Gasteiger partial charge in [0, 0.05) is 15.7 Å². The third-order valence-electron chi connectivity index (χ3n) is 4.18. The van der Waals surface area contributed by atoms with Crippen LogP contribution in [-0.2, 0) is 4.79 Å². The van der Waals surface area contributed by atoms with E-state index in [4.69, 9.17) is 4.74 Å². The molecule has 0 aliphatic carbocycles. The van der Waals surface area contributed by atoms with Crippen LogP contribution in [0.1, 0.15) is 11.1 Å². The van der Waals surface area contributed by atoms with Gasteiger partial charge in [-0.2, -0.15) is 5.26 Å². The number of para-hydroxylation sites is 1. The second kappa shape index (κ2) is 9.61. The number of aromatic nitrogens is 2. The summed E-state index contributed by atoms with van der Waals surface area (Å²) in [5.74, 6) is 0.00197. The van der Waals surface area contributed by atoms with Crippen molar-refractivity contribution < 1.29 is 9.53 Å². The van der Waals surface area contributed by atoms with Crippen molar-refractivity contribution in [1.82, 2.24) is 9.97 Å². The van der Waals surface area contributed by atoms with Crippen LogP contribution in [0.2, 0.25) is 0 Å². The molecule has 152 valence electrons. The van der Waals surface area contributed by atoms with Gasteiger partial charge >= 0.3 is 0 Å². The molecule has 1 heterocycles. The first-order chi connectivity index (χ1) is 14.4. The fourth-order valence-electron chi connectivity index (χ4n) is 2.70. The number of ether oxygens (including phenoxy) is 1.